The highest BCUT2D eigenvalue weighted by atomic mass is 79.9. The number of carbonyl (C=O) groups excluding carboxylic acids is 1. The quantitative estimate of drug-likeness (QED) is 0.589. The van der Waals surface area contributed by atoms with Gasteiger partial charge in [0.1, 0.15) is 11.6 Å². The summed E-state index contributed by atoms with van der Waals surface area (Å²) in [7, 11) is 0. The molecule has 27 heavy (non-hydrogen) atoms. The number of benzene rings is 2. The molecule has 0 saturated carbocycles. The molecule has 6 nitrogen and oxygen atoms in total. The molecule has 0 atom stereocenters. The zero-order valence-corrected chi connectivity index (χ0v) is 15.8. The molecule has 1 aromatic heterocycles. The smallest absolute Gasteiger partial charge is 0.346 e. The fourth-order valence-corrected chi connectivity index (χ4v) is 2.48. The van der Waals surface area contributed by atoms with Crippen LogP contribution < -0.4 is 15.7 Å². The molecule has 0 aliphatic rings. The van der Waals surface area contributed by atoms with Crippen molar-refractivity contribution >= 4 is 39.8 Å². The van der Waals surface area contributed by atoms with Crippen LogP contribution in [-0.4, -0.2) is 22.5 Å². The van der Waals surface area contributed by atoms with E-state index in [2.05, 4.69) is 31.2 Å². The first-order chi connectivity index (χ1) is 13.1. The predicted octanol–water partition coefficient (Wildman–Crippen LogP) is 3.72. The van der Waals surface area contributed by atoms with Gasteiger partial charge in [-0.15, -0.1) is 0 Å². The first-order valence-electron chi connectivity index (χ1n) is 8.10. The number of hydrogen-bond donors (Lipinski definition) is 2. The van der Waals surface area contributed by atoms with Gasteiger partial charge in [0.05, 0.1) is 0 Å². The number of H-pyrrole nitrogens is 1. The molecule has 3 aromatic rings. The normalized spacial score (nSPS) is 10.7. The van der Waals surface area contributed by atoms with E-state index < -0.39 is 5.69 Å². The SMILES string of the molecule is O=C(COc1ccc(/C=C/c2ccc(Br)cc2)cc1)Nc1ccnc(=O)[nH]1. The van der Waals surface area contributed by atoms with E-state index in [4.69, 9.17) is 4.74 Å². The van der Waals surface area contributed by atoms with E-state index in [-0.39, 0.29) is 18.3 Å². The number of halogens is 1. The Morgan fingerprint density at radius 2 is 1.67 bits per heavy atom. The van der Waals surface area contributed by atoms with Crippen molar-refractivity contribution in [2.75, 3.05) is 11.9 Å². The van der Waals surface area contributed by atoms with Crippen LogP contribution in [0.3, 0.4) is 0 Å². The van der Waals surface area contributed by atoms with E-state index in [0.717, 1.165) is 15.6 Å². The molecule has 7 heteroatoms. The molecule has 2 aromatic carbocycles. The molecule has 0 aliphatic carbocycles. The maximum absolute atomic E-state index is 11.9. The van der Waals surface area contributed by atoms with Crippen molar-refractivity contribution in [3.05, 3.63) is 86.9 Å². The van der Waals surface area contributed by atoms with Gasteiger partial charge >= 0.3 is 5.69 Å². The number of amides is 1. The summed E-state index contributed by atoms with van der Waals surface area (Å²) >= 11 is 3.41. The molecule has 2 N–H and O–H groups in total. The first kappa shape index (κ1) is 18.6. The fourth-order valence-electron chi connectivity index (χ4n) is 2.22. The number of anilines is 1. The van der Waals surface area contributed by atoms with Crippen LogP contribution in [0.2, 0.25) is 0 Å². The van der Waals surface area contributed by atoms with Crippen molar-refractivity contribution in [3.63, 3.8) is 0 Å². The van der Waals surface area contributed by atoms with Gasteiger partial charge < -0.3 is 10.1 Å². The predicted molar refractivity (Wildman–Crippen MR) is 108 cm³/mol. The van der Waals surface area contributed by atoms with Gasteiger partial charge in [0.15, 0.2) is 6.61 Å². The fraction of sp³-hybridized carbons (Fsp3) is 0.0500. The lowest BCUT2D eigenvalue weighted by Crippen LogP contribution is -2.22. The lowest BCUT2D eigenvalue weighted by Gasteiger charge is -2.07. The number of ether oxygens (including phenoxy) is 1. The highest BCUT2D eigenvalue weighted by Gasteiger charge is 2.04. The second-order valence-electron chi connectivity index (χ2n) is 5.58. The molecular formula is C20H16BrN3O3. The Bertz CT molecular complexity index is 996. The van der Waals surface area contributed by atoms with Crippen LogP contribution in [0, 0.1) is 0 Å². The first-order valence-corrected chi connectivity index (χ1v) is 8.89. The molecule has 1 heterocycles. The molecule has 0 spiro atoms. The van der Waals surface area contributed by atoms with Crippen molar-refractivity contribution in [1.82, 2.24) is 9.97 Å². The van der Waals surface area contributed by atoms with Crippen molar-refractivity contribution in [2.24, 2.45) is 0 Å². The van der Waals surface area contributed by atoms with Gasteiger partial charge in [-0.2, -0.15) is 0 Å². The third-order valence-corrected chi connectivity index (χ3v) is 4.07. The van der Waals surface area contributed by atoms with Gasteiger partial charge in [-0.1, -0.05) is 52.3 Å². The van der Waals surface area contributed by atoms with Crippen molar-refractivity contribution in [3.8, 4) is 5.75 Å². The molecule has 0 radical (unpaired) electrons. The lowest BCUT2D eigenvalue weighted by atomic mass is 10.1. The van der Waals surface area contributed by atoms with E-state index in [1.54, 1.807) is 12.1 Å². The van der Waals surface area contributed by atoms with Crippen LogP contribution in [0.15, 0.2) is 70.1 Å². The third-order valence-electron chi connectivity index (χ3n) is 3.54. The molecule has 136 valence electrons. The maximum atomic E-state index is 11.9. The second-order valence-corrected chi connectivity index (χ2v) is 6.50. The van der Waals surface area contributed by atoms with Crippen molar-refractivity contribution in [1.29, 1.82) is 0 Å². The molecule has 0 bridgehead atoms. The summed E-state index contributed by atoms with van der Waals surface area (Å²) < 4.78 is 6.49. The molecule has 0 unspecified atom stereocenters. The Morgan fingerprint density at radius 3 is 2.30 bits per heavy atom. The second kappa shape index (κ2) is 8.95. The van der Waals surface area contributed by atoms with Crippen LogP contribution in [0.25, 0.3) is 12.2 Å². The van der Waals surface area contributed by atoms with Gasteiger partial charge in [-0.3, -0.25) is 9.78 Å². The number of hydrogen-bond acceptors (Lipinski definition) is 4. The van der Waals surface area contributed by atoms with Crippen molar-refractivity contribution in [2.45, 2.75) is 0 Å². The van der Waals surface area contributed by atoms with E-state index in [0.29, 0.717) is 5.75 Å². The number of aromatic nitrogens is 2. The molecule has 0 saturated heterocycles. The molecule has 1 amide bonds. The summed E-state index contributed by atoms with van der Waals surface area (Å²) in [4.78, 5) is 28.8. The third kappa shape index (κ3) is 5.93. The standard InChI is InChI=1S/C20H16BrN3O3/c21-16-7-3-14(4-8-16)1-2-15-5-9-17(10-6-15)27-13-19(25)23-18-11-12-22-20(26)24-18/h1-12H,13H2,(H2,22,23,24,25,26)/b2-1+. The summed E-state index contributed by atoms with van der Waals surface area (Å²) in [6, 6.07) is 16.9. The average Bonchev–Trinajstić information content (AvgIpc) is 2.67. The topological polar surface area (TPSA) is 84.1 Å². The largest absolute Gasteiger partial charge is 0.484 e. The monoisotopic (exact) mass is 425 g/mol. The minimum atomic E-state index is -0.527. The summed E-state index contributed by atoms with van der Waals surface area (Å²) in [5.41, 5.74) is 1.59. The molecule has 0 aliphatic heterocycles. The lowest BCUT2D eigenvalue weighted by molar-refractivity contribution is -0.118. The molecule has 3 rings (SSSR count). The highest BCUT2D eigenvalue weighted by molar-refractivity contribution is 9.10. The van der Waals surface area contributed by atoms with E-state index in [9.17, 15) is 9.59 Å². The number of nitrogens with zero attached hydrogens (tertiary/aromatic N) is 1. The van der Waals surface area contributed by atoms with Gasteiger partial charge in [-0.25, -0.2) is 9.78 Å². The zero-order chi connectivity index (χ0) is 19.1. The number of rotatable bonds is 6. The van der Waals surface area contributed by atoms with Gasteiger partial charge in [-0.05, 0) is 41.5 Å². The van der Waals surface area contributed by atoms with Crippen LogP contribution in [-0.2, 0) is 4.79 Å². The number of carbonyl (C=O) groups is 1. The molecule has 0 fully saturated rings. The van der Waals surface area contributed by atoms with Crippen LogP contribution >= 0.6 is 15.9 Å². The number of aromatic amines is 1. The van der Waals surface area contributed by atoms with E-state index in [1.807, 2.05) is 48.6 Å². The Kier molecular flexibility index (Phi) is 6.17. The van der Waals surface area contributed by atoms with Crippen molar-refractivity contribution < 1.29 is 9.53 Å². The highest BCUT2D eigenvalue weighted by Crippen LogP contribution is 2.16. The van der Waals surface area contributed by atoms with E-state index >= 15 is 0 Å². The minimum absolute atomic E-state index is 0.168. The van der Waals surface area contributed by atoms with Crippen LogP contribution in [0.1, 0.15) is 11.1 Å². The maximum Gasteiger partial charge on any atom is 0.346 e. The Labute approximate surface area is 164 Å². The minimum Gasteiger partial charge on any atom is -0.484 e. The van der Waals surface area contributed by atoms with Gasteiger partial charge in [0, 0.05) is 10.7 Å². The number of nitrogens with one attached hydrogen (secondary N) is 2. The Balaban J connectivity index is 1.52. The summed E-state index contributed by atoms with van der Waals surface area (Å²) in [6.07, 6.45) is 5.33. The summed E-state index contributed by atoms with van der Waals surface area (Å²) in [5.74, 6) is 0.474. The van der Waals surface area contributed by atoms with E-state index in [1.165, 1.54) is 12.3 Å². The molecular weight excluding hydrogens is 410 g/mol. The Morgan fingerprint density at radius 1 is 1.04 bits per heavy atom. The van der Waals surface area contributed by atoms with Crippen LogP contribution in [0.5, 0.6) is 5.75 Å². The summed E-state index contributed by atoms with van der Waals surface area (Å²) in [5, 5.41) is 2.53. The summed E-state index contributed by atoms with van der Waals surface area (Å²) in [6.45, 7) is -0.168. The zero-order valence-electron chi connectivity index (χ0n) is 14.2. The van der Waals surface area contributed by atoms with Crippen LogP contribution in [0.4, 0.5) is 5.82 Å². The average molecular weight is 426 g/mol. The van der Waals surface area contributed by atoms with Gasteiger partial charge in [0.2, 0.25) is 0 Å². The van der Waals surface area contributed by atoms with Gasteiger partial charge in [0.25, 0.3) is 5.91 Å². The Hall–Kier alpha value is -3.19.